The van der Waals surface area contributed by atoms with E-state index in [1.54, 1.807) is 0 Å². The lowest BCUT2D eigenvalue weighted by Gasteiger charge is -2.34. The van der Waals surface area contributed by atoms with Crippen LogP contribution in [0.15, 0.2) is 30.3 Å². The zero-order chi connectivity index (χ0) is 18.0. The molecule has 2 saturated heterocycles. The molecular formula is C16H22N4O4S. The molecule has 0 aromatic heterocycles. The second-order valence-electron chi connectivity index (χ2n) is 6.38. The number of imide groups is 1. The maximum absolute atomic E-state index is 12.5. The Hall–Kier alpha value is -1.97. The van der Waals surface area contributed by atoms with Crippen molar-refractivity contribution in [3.63, 3.8) is 0 Å². The molecule has 1 atom stereocenters. The maximum atomic E-state index is 12.5. The van der Waals surface area contributed by atoms with Crippen LogP contribution < -0.4 is 5.32 Å². The normalized spacial score (nSPS) is 23.1. The van der Waals surface area contributed by atoms with Crippen molar-refractivity contribution < 1.29 is 18.0 Å². The number of benzene rings is 1. The number of amides is 3. The van der Waals surface area contributed by atoms with E-state index < -0.39 is 22.1 Å². The van der Waals surface area contributed by atoms with Gasteiger partial charge in [0.1, 0.15) is 6.04 Å². The van der Waals surface area contributed by atoms with Gasteiger partial charge in [-0.2, -0.15) is 4.31 Å². The van der Waals surface area contributed by atoms with Gasteiger partial charge in [0.15, 0.2) is 0 Å². The summed E-state index contributed by atoms with van der Waals surface area (Å²) in [5.41, 5.74) is 0.991. The van der Waals surface area contributed by atoms with Crippen molar-refractivity contribution in [2.75, 3.05) is 39.1 Å². The van der Waals surface area contributed by atoms with Crippen molar-refractivity contribution in [1.29, 1.82) is 0 Å². The summed E-state index contributed by atoms with van der Waals surface area (Å²) in [7, 11) is -3.19. The second-order valence-corrected chi connectivity index (χ2v) is 8.36. The molecule has 2 aliphatic rings. The van der Waals surface area contributed by atoms with Crippen LogP contribution in [0.2, 0.25) is 0 Å². The molecule has 0 bridgehead atoms. The van der Waals surface area contributed by atoms with E-state index in [9.17, 15) is 18.0 Å². The van der Waals surface area contributed by atoms with Gasteiger partial charge in [0.05, 0.1) is 12.9 Å². The molecule has 2 aliphatic heterocycles. The van der Waals surface area contributed by atoms with Crippen molar-refractivity contribution in [3.05, 3.63) is 35.9 Å². The van der Waals surface area contributed by atoms with Crippen LogP contribution in [-0.4, -0.2) is 79.6 Å². The Balaban J connectivity index is 1.57. The van der Waals surface area contributed by atoms with Gasteiger partial charge in [-0.15, -0.1) is 0 Å². The fourth-order valence-corrected chi connectivity index (χ4v) is 3.93. The molecule has 0 radical (unpaired) electrons. The molecule has 8 nitrogen and oxygen atoms in total. The van der Waals surface area contributed by atoms with Gasteiger partial charge in [0.25, 0.3) is 5.91 Å². The molecule has 2 heterocycles. The summed E-state index contributed by atoms with van der Waals surface area (Å²) < 4.78 is 24.5. The van der Waals surface area contributed by atoms with Crippen LogP contribution in [0.25, 0.3) is 0 Å². The molecule has 3 amide bonds. The topological polar surface area (TPSA) is 90.0 Å². The molecular weight excluding hydrogens is 344 g/mol. The summed E-state index contributed by atoms with van der Waals surface area (Å²) in [5.74, 6) is -0.237. The molecule has 1 unspecified atom stereocenters. The van der Waals surface area contributed by atoms with Crippen molar-refractivity contribution in [2.24, 2.45) is 0 Å². The number of hydrogen-bond acceptors (Lipinski definition) is 5. The summed E-state index contributed by atoms with van der Waals surface area (Å²) in [5, 5.41) is 2.73. The van der Waals surface area contributed by atoms with Gasteiger partial charge in [-0.25, -0.2) is 18.1 Å². The number of sulfonamides is 1. The quantitative estimate of drug-likeness (QED) is 0.722. The van der Waals surface area contributed by atoms with E-state index in [-0.39, 0.29) is 12.6 Å². The molecule has 0 saturated carbocycles. The standard InChI is InChI=1S/C16H22N4O4S/c1-25(23,24)19-9-7-18(8-10-19)12-20-15(21)14(17-16(20)22)11-13-5-3-2-4-6-13/h2-6,14H,7-12H2,1H3,(H,17,22). The van der Waals surface area contributed by atoms with E-state index in [1.165, 1.54) is 15.5 Å². The molecule has 2 fully saturated rings. The summed E-state index contributed by atoms with van der Waals surface area (Å²) >= 11 is 0. The average Bonchev–Trinajstić information content (AvgIpc) is 2.83. The zero-order valence-corrected chi connectivity index (χ0v) is 14.9. The third-order valence-electron chi connectivity index (χ3n) is 4.53. The lowest BCUT2D eigenvalue weighted by Crippen LogP contribution is -2.52. The van der Waals surface area contributed by atoms with E-state index in [1.807, 2.05) is 35.2 Å². The summed E-state index contributed by atoms with van der Waals surface area (Å²) in [4.78, 5) is 27.8. The van der Waals surface area contributed by atoms with Gasteiger partial charge in [0.2, 0.25) is 10.0 Å². The predicted molar refractivity (Wildman–Crippen MR) is 92.2 cm³/mol. The van der Waals surface area contributed by atoms with Crippen molar-refractivity contribution in [3.8, 4) is 0 Å². The molecule has 1 N–H and O–H groups in total. The number of nitrogens with one attached hydrogen (secondary N) is 1. The molecule has 0 spiro atoms. The van der Waals surface area contributed by atoms with E-state index in [0.717, 1.165) is 5.56 Å². The van der Waals surface area contributed by atoms with Crippen LogP contribution in [-0.2, 0) is 21.2 Å². The Labute approximate surface area is 147 Å². The van der Waals surface area contributed by atoms with E-state index in [2.05, 4.69) is 5.32 Å². The predicted octanol–water partition coefficient (Wildman–Crippen LogP) is -0.316. The number of rotatable bonds is 5. The lowest BCUT2D eigenvalue weighted by atomic mass is 10.1. The van der Waals surface area contributed by atoms with Gasteiger partial charge in [0, 0.05) is 32.6 Å². The third-order valence-corrected chi connectivity index (χ3v) is 5.83. The van der Waals surface area contributed by atoms with E-state index >= 15 is 0 Å². The highest BCUT2D eigenvalue weighted by atomic mass is 32.2. The molecule has 9 heteroatoms. The SMILES string of the molecule is CS(=O)(=O)N1CCN(CN2C(=O)NC(Cc3ccccc3)C2=O)CC1. The third kappa shape index (κ3) is 4.17. The van der Waals surface area contributed by atoms with Gasteiger partial charge in [-0.05, 0) is 5.56 Å². The van der Waals surface area contributed by atoms with Gasteiger partial charge in [-0.1, -0.05) is 30.3 Å². The minimum absolute atomic E-state index is 0.188. The first-order valence-electron chi connectivity index (χ1n) is 8.18. The number of nitrogens with zero attached hydrogens (tertiary/aromatic N) is 3. The fraction of sp³-hybridized carbons (Fsp3) is 0.500. The molecule has 25 heavy (non-hydrogen) atoms. The molecule has 136 valence electrons. The lowest BCUT2D eigenvalue weighted by molar-refractivity contribution is -0.129. The van der Waals surface area contributed by atoms with Crippen molar-refractivity contribution in [2.45, 2.75) is 12.5 Å². The molecule has 1 aromatic carbocycles. The number of piperazine rings is 1. The molecule has 0 aliphatic carbocycles. The Kier molecular flexibility index (Phi) is 5.07. The summed E-state index contributed by atoms with van der Waals surface area (Å²) in [6.07, 6.45) is 1.65. The summed E-state index contributed by atoms with van der Waals surface area (Å²) in [6.45, 7) is 1.92. The Morgan fingerprint density at radius 1 is 1.08 bits per heavy atom. The van der Waals surface area contributed by atoms with Gasteiger partial charge >= 0.3 is 6.03 Å². The number of carbonyl (C=O) groups is 2. The van der Waals surface area contributed by atoms with Crippen LogP contribution in [0.4, 0.5) is 4.79 Å². The minimum atomic E-state index is -3.19. The maximum Gasteiger partial charge on any atom is 0.325 e. The number of urea groups is 1. The Bertz CT molecular complexity index is 745. The van der Waals surface area contributed by atoms with Gasteiger partial charge < -0.3 is 5.32 Å². The van der Waals surface area contributed by atoms with Crippen molar-refractivity contribution in [1.82, 2.24) is 19.4 Å². The second kappa shape index (κ2) is 7.11. The van der Waals surface area contributed by atoms with Crippen LogP contribution in [0.5, 0.6) is 0 Å². The zero-order valence-electron chi connectivity index (χ0n) is 14.1. The van der Waals surface area contributed by atoms with Crippen LogP contribution >= 0.6 is 0 Å². The van der Waals surface area contributed by atoms with E-state index in [0.29, 0.717) is 32.6 Å². The molecule has 1 aromatic rings. The Morgan fingerprint density at radius 2 is 1.72 bits per heavy atom. The number of carbonyl (C=O) groups excluding carboxylic acids is 2. The van der Waals surface area contributed by atoms with Crippen LogP contribution in [0.3, 0.4) is 0 Å². The number of hydrogen-bond donors (Lipinski definition) is 1. The van der Waals surface area contributed by atoms with Crippen LogP contribution in [0, 0.1) is 0 Å². The highest BCUT2D eigenvalue weighted by Crippen LogP contribution is 2.14. The van der Waals surface area contributed by atoms with Crippen molar-refractivity contribution >= 4 is 22.0 Å². The smallest absolute Gasteiger partial charge is 0.325 e. The highest BCUT2D eigenvalue weighted by Gasteiger charge is 2.39. The van der Waals surface area contributed by atoms with Crippen LogP contribution in [0.1, 0.15) is 5.56 Å². The first-order valence-corrected chi connectivity index (χ1v) is 10.0. The Morgan fingerprint density at radius 3 is 2.32 bits per heavy atom. The average molecular weight is 366 g/mol. The monoisotopic (exact) mass is 366 g/mol. The van der Waals surface area contributed by atoms with Gasteiger partial charge in [-0.3, -0.25) is 9.69 Å². The minimum Gasteiger partial charge on any atom is -0.325 e. The highest BCUT2D eigenvalue weighted by molar-refractivity contribution is 7.88. The largest absolute Gasteiger partial charge is 0.325 e. The van der Waals surface area contributed by atoms with E-state index in [4.69, 9.17) is 0 Å². The first kappa shape index (κ1) is 17.8. The fourth-order valence-electron chi connectivity index (χ4n) is 3.10. The first-order chi connectivity index (χ1) is 11.8. The molecule has 3 rings (SSSR count). The summed E-state index contributed by atoms with van der Waals surface area (Å²) in [6, 6.07) is 8.61.